The predicted molar refractivity (Wildman–Crippen MR) is 88.0 cm³/mol. The van der Waals surface area contributed by atoms with Gasteiger partial charge in [0, 0.05) is 23.7 Å². The lowest BCUT2D eigenvalue weighted by molar-refractivity contribution is -0.131. The summed E-state index contributed by atoms with van der Waals surface area (Å²) in [5.41, 5.74) is 4.29. The van der Waals surface area contributed by atoms with Crippen molar-refractivity contribution in [2.45, 2.75) is 27.3 Å². The van der Waals surface area contributed by atoms with Gasteiger partial charge in [0.05, 0.1) is 5.69 Å². The number of aromatic nitrogens is 1. The zero-order chi connectivity index (χ0) is 16.3. The van der Waals surface area contributed by atoms with E-state index >= 15 is 0 Å². The second kappa shape index (κ2) is 6.43. The quantitative estimate of drug-likeness (QED) is 0.881. The molecule has 0 saturated carbocycles. The lowest BCUT2D eigenvalue weighted by Gasteiger charge is -2.14. The van der Waals surface area contributed by atoms with Crippen molar-refractivity contribution in [1.82, 2.24) is 4.57 Å². The minimum Gasteiger partial charge on any atom is -0.478 e. The molecule has 0 fully saturated rings. The van der Waals surface area contributed by atoms with Crippen LogP contribution in [0.1, 0.15) is 23.6 Å². The summed E-state index contributed by atoms with van der Waals surface area (Å²) < 4.78 is 1.67. The van der Waals surface area contributed by atoms with Crippen LogP contribution in [0, 0.1) is 13.8 Å². The Bertz CT molecular complexity index is 800. The van der Waals surface area contributed by atoms with E-state index in [4.69, 9.17) is 5.11 Å². The van der Waals surface area contributed by atoms with E-state index in [1.807, 2.05) is 39.0 Å². The van der Waals surface area contributed by atoms with E-state index in [0.29, 0.717) is 12.1 Å². The third-order valence-corrected chi connectivity index (χ3v) is 3.59. The first-order valence-electron chi connectivity index (χ1n) is 7.16. The van der Waals surface area contributed by atoms with Crippen molar-refractivity contribution in [3.63, 3.8) is 0 Å². The number of carboxylic acid groups (broad SMARTS) is 1. The number of benzene rings is 1. The van der Waals surface area contributed by atoms with Crippen LogP contribution in [-0.2, 0) is 11.3 Å². The van der Waals surface area contributed by atoms with Crippen LogP contribution in [0.15, 0.2) is 41.2 Å². The van der Waals surface area contributed by atoms with Crippen LogP contribution in [0.5, 0.6) is 0 Å². The Kier molecular flexibility index (Phi) is 4.61. The van der Waals surface area contributed by atoms with Gasteiger partial charge < -0.3 is 9.67 Å². The van der Waals surface area contributed by atoms with Crippen LogP contribution >= 0.6 is 0 Å². The molecule has 4 heteroatoms. The molecule has 1 aromatic heterocycles. The smallest absolute Gasteiger partial charge is 0.328 e. The van der Waals surface area contributed by atoms with Gasteiger partial charge in [-0.05, 0) is 50.6 Å². The van der Waals surface area contributed by atoms with Crippen LogP contribution in [0.25, 0.3) is 17.3 Å². The minimum atomic E-state index is -1.07. The standard InChI is InChI=1S/C18H19NO3/c1-4-19-16(15-11-12(2)5-6-13(15)3)9-7-14(18(19)22)8-10-17(20)21/h5-11H,4H2,1-3H3,(H,20,21)/b10-8+. The van der Waals surface area contributed by atoms with E-state index in [1.54, 1.807) is 10.6 Å². The number of aryl methyl sites for hydroxylation is 2. The van der Waals surface area contributed by atoms with Gasteiger partial charge in [0.15, 0.2) is 0 Å². The Hall–Kier alpha value is -2.62. The van der Waals surface area contributed by atoms with E-state index < -0.39 is 5.97 Å². The summed E-state index contributed by atoms with van der Waals surface area (Å²) in [6.07, 6.45) is 2.32. The van der Waals surface area contributed by atoms with Crippen LogP contribution in [0.3, 0.4) is 0 Å². The number of carbonyl (C=O) groups is 1. The Balaban J connectivity index is 2.64. The topological polar surface area (TPSA) is 59.3 Å². The minimum absolute atomic E-state index is 0.182. The number of aliphatic carboxylic acids is 1. The summed E-state index contributed by atoms with van der Waals surface area (Å²) >= 11 is 0. The summed E-state index contributed by atoms with van der Waals surface area (Å²) in [4.78, 5) is 23.1. The van der Waals surface area contributed by atoms with Gasteiger partial charge >= 0.3 is 5.97 Å². The average Bonchev–Trinajstić information content (AvgIpc) is 2.48. The molecule has 22 heavy (non-hydrogen) atoms. The number of nitrogens with zero attached hydrogens (tertiary/aromatic N) is 1. The molecule has 0 spiro atoms. The molecule has 2 aromatic rings. The summed E-state index contributed by atoms with van der Waals surface area (Å²) in [7, 11) is 0. The normalized spacial score (nSPS) is 11.0. The molecule has 1 aromatic carbocycles. The van der Waals surface area contributed by atoms with Crippen LogP contribution < -0.4 is 5.56 Å². The van der Waals surface area contributed by atoms with E-state index in [9.17, 15) is 9.59 Å². The molecule has 0 aliphatic heterocycles. The van der Waals surface area contributed by atoms with Crippen molar-refractivity contribution in [1.29, 1.82) is 0 Å². The van der Waals surface area contributed by atoms with Gasteiger partial charge in [0.1, 0.15) is 0 Å². The largest absolute Gasteiger partial charge is 0.478 e. The van der Waals surface area contributed by atoms with Crippen molar-refractivity contribution in [3.8, 4) is 11.3 Å². The molecule has 1 N–H and O–H groups in total. The predicted octanol–water partition coefficient (Wildman–Crippen LogP) is 3.25. The van der Waals surface area contributed by atoms with Crippen molar-refractivity contribution in [2.24, 2.45) is 0 Å². The molecule has 0 bridgehead atoms. The maximum Gasteiger partial charge on any atom is 0.328 e. The van der Waals surface area contributed by atoms with E-state index in [2.05, 4.69) is 6.07 Å². The highest BCUT2D eigenvalue weighted by Crippen LogP contribution is 2.24. The van der Waals surface area contributed by atoms with Crippen LogP contribution in [0.2, 0.25) is 0 Å². The molecule has 2 rings (SSSR count). The van der Waals surface area contributed by atoms with E-state index in [1.165, 1.54) is 6.08 Å². The first-order chi connectivity index (χ1) is 10.4. The number of pyridine rings is 1. The molecule has 0 amide bonds. The fourth-order valence-electron chi connectivity index (χ4n) is 2.44. The third kappa shape index (κ3) is 3.17. The molecular weight excluding hydrogens is 278 g/mol. The average molecular weight is 297 g/mol. The van der Waals surface area contributed by atoms with Crippen LogP contribution in [0.4, 0.5) is 0 Å². The molecule has 0 atom stereocenters. The lowest BCUT2D eigenvalue weighted by Crippen LogP contribution is -2.23. The molecule has 0 unspecified atom stereocenters. The number of hydrogen-bond donors (Lipinski definition) is 1. The first kappa shape index (κ1) is 15.8. The zero-order valence-electron chi connectivity index (χ0n) is 13.0. The highest BCUT2D eigenvalue weighted by Gasteiger charge is 2.10. The number of hydrogen-bond acceptors (Lipinski definition) is 2. The molecule has 1 heterocycles. The number of carboxylic acids is 1. The van der Waals surface area contributed by atoms with Gasteiger partial charge in [-0.1, -0.05) is 17.7 Å². The molecule has 0 aliphatic carbocycles. The zero-order valence-corrected chi connectivity index (χ0v) is 13.0. The Morgan fingerprint density at radius 1 is 1.23 bits per heavy atom. The second-order valence-corrected chi connectivity index (χ2v) is 5.21. The van der Waals surface area contributed by atoms with Gasteiger partial charge in [-0.2, -0.15) is 0 Å². The monoisotopic (exact) mass is 297 g/mol. The van der Waals surface area contributed by atoms with Crippen molar-refractivity contribution < 1.29 is 9.90 Å². The van der Waals surface area contributed by atoms with Crippen LogP contribution in [-0.4, -0.2) is 15.6 Å². The maximum atomic E-state index is 12.5. The molecular formula is C18H19NO3. The first-order valence-corrected chi connectivity index (χ1v) is 7.16. The maximum absolute atomic E-state index is 12.5. The molecule has 0 aliphatic rings. The van der Waals surface area contributed by atoms with Crippen molar-refractivity contribution in [3.05, 3.63) is 63.5 Å². The van der Waals surface area contributed by atoms with Gasteiger partial charge in [-0.3, -0.25) is 4.79 Å². The van der Waals surface area contributed by atoms with Gasteiger partial charge in [-0.25, -0.2) is 4.79 Å². The summed E-state index contributed by atoms with van der Waals surface area (Å²) in [5, 5.41) is 8.70. The summed E-state index contributed by atoms with van der Waals surface area (Å²) in [5.74, 6) is -1.07. The van der Waals surface area contributed by atoms with Gasteiger partial charge in [0.25, 0.3) is 5.56 Å². The summed E-state index contributed by atoms with van der Waals surface area (Å²) in [6.45, 7) is 6.45. The molecule has 0 radical (unpaired) electrons. The van der Waals surface area contributed by atoms with E-state index in [0.717, 1.165) is 28.5 Å². The van der Waals surface area contributed by atoms with E-state index in [-0.39, 0.29) is 5.56 Å². The van der Waals surface area contributed by atoms with Gasteiger partial charge in [0.2, 0.25) is 0 Å². The van der Waals surface area contributed by atoms with Gasteiger partial charge in [-0.15, -0.1) is 0 Å². The SMILES string of the molecule is CCn1c(-c2cc(C)ccc2C)ccc(/C=C/C(=O)O)c1=O. The molecule has 0 saturated heterocycles. The third-order valence-electron chi connectivity index (χ3n) is 3.59. The highest BCUT2D eigenvalue weighted by atomic mass is 16.4. The highest BCUT2D eigenvalue weighted by molar-refractivity contribution is 5.85. The molecule has 114 valence electrons. The second-order valence-electron chi connectivity index (χ2n) is 5.21. The Morgan fingerprint density at radius 2 is 1.95 bits per heavy atom. The fourth-order valence-corrected chi connectivity index (χ4v) is 2.44. The number of rotatable bonds is 4. The Morgan fingerprint density at radius 3 is 2.59 bits per heavy atom. The van der Waals surface area contributed by atoms with Crippen molar-refractivity contribution >= 4 is 12.0 Å². The fraction of sp³-hybridized carbons (Fsp3) is 0.222. The lowest BCUT2D eigenvalue weighted by atomic mass is 10.0. The summed E-state index contributed by atoms with van der Waals surface area (Å²) in [6, 6.07) is 9.67. The molecule has 4 nitrogen and oxygen atoms in total. The Labute approximate surface area is 129 Å². The van der Waals surface area contributed by atoms with Crippen molar-refractivity contribution in [2.75, 3.05) is 0 Å².